The molecule has 0 spiro atoms. The summed E-state index contributed by atoms with van der Waals surface area (Å²) >= 11 is 0. The highest BCUT2D eigenvalue weighted by molar-refractivity contribution is 6.05. The Balaban J connectivity index is 1.85. The summed E-state index contributed by atoms with van der Waals surface area (Å²) in [6.45, 7) is 7.36. The second-order valence-corrected chi connectivity index (χ2v) is 6.40. The van der Waals surface area contributed by atoms with Gasteiger partial charge in [0.2, 0.25) is 0 Å². The van der Waals surface area contributed by atoms with Crippen LogP contribution in [0, 0.1) is 6.92 Å². The molecule has 0 unspecified atom stereocenters. The molecule has 0 saturated heterocycles. The average Bonchev–Trinajstić information content (AvgIpc) is 2.70. The molecule has 2 aromatic carbocycles. The van der Waals surface area contributed by atoms with Crippen molar-refractivity contribution in [1.82, 2.24) is 4.98 Å². The highest BCUT2D eigenvalue weighted by Crippen LogP contribution is 2.27. The van der Waals surface area contributed by atoms with Crippen LogP contribution in [0.4, 0.5) is 17.1 Å². The Morgan fingerprint density at radius 1 is 1.04 bits per heavy atom. The molecule has 144 valence electrons. The average molecular weight is 375 g/mol. The van der Waals surface area contributed by atoms with Gasteiger partial charge in [0.15, 0.2) is 0 Å². The van der Waals surface area contributed by atoms with E-state index in [9.17, 15) is 4.79 Å². The zero-order valence-corrected chi connectivity index (χ0v) is 16.5. The Morgan fingerprint density at radius 3 is 2.61 bits per heavy atom. The Labute approximate surface area is 166 Å². The standard InChI is InChI=1S/C23H25N3O2/c1-4-26(19-10-8-9-17(3)13-19)20-14-18(15-24-16-20)23(27)25-21-11-6-7-12-22(21)28-5-2/h6-16H,4-5H2,1-3H3,(H,25,27). The van der Waals surface area contributed by atoms with E-state index in [-0.39, 0.29) is 5.91 Å². The first-order valence-electron chi connectivity index (χ1n) is 9.44. The van der Waals surface area contributed by atoms with Gasteiger partial charge in [0.1, 0.15) is 5.75 Å². The lowest BCUT2D eigenvalue weighted by Gasteiger charge is -2.23. The van der Waals surface area contributed by atoms with Crippen LogP contribution in [0.3, 0.4) is 0 Å². The molecule has 3 rings (SSSR count). The van der Waals surface area contributed by atoms with E-state index in [1.807, 2.05) is 43.3 Å². The molecule has 1 N–H and O–H groups in total. The van der Waals surface area contributed by atoms with Gasteiger partial charge in [-0.05, 0) is 56.7 Å². The van der Waals surface area contributed by atoms with E-state index < -0.39 is 0 Å². The fourth-order valence-corrected chi connectivity index (χ4v) is 3.06. The van der Waals surface area contributed by atoms with Gasteiger partial charge in [0, 0.05) is 18.4 Å². The molecule has 3 aromatic rings. The van der Waals surface area contributed by atoms with Crippen molar-refractivity contribution in [3.63, 3.8) is 0 Å². The van der Waals surface area contributed by atoms with Crippen molar-refractivity contribution in [3.05, 3.63) is 78.1 Å². The number of rotatable bonds is 7. The van der Waals surface area contributed by atoms with Gasteiger partial charge in [-0.15, -0.1) is 0 Å². The number of hydrogen-bond acceptors (Lipinski definition) is 4. The van der Waals surface area contributed by atoms with E-state index in [4.69, 9.17) is 4.74 Å². The van der Waals surface area contributed by atoms with Crippen LogP contribution in [0.5, 0.6) is 5.75 Å². The molecule has 0 aliphatic carbocycles. The van der Waals surface area contributed by atoms with Gasteiger partial charge in [0.05, 0.1) is 29.7 Å². The van der Waals surface area contributed by atoms with Crippen LogP contribution in [0.2, 0.25) is 0 Å². The normalized spacial score (nSPS) is 10.4. The molecule has 28 heavy (non-hydrogen) atoms. The largest absolute Gasteiger partial charge is 0.492 e. The number of carbonyl (C=O) groups is 1. The van der Waals surface area contributed by atoms with E-state index in [1.54, 1.807) is 12.4 Å². The first kappa shape index (κ1) is 19.4. The number of anilines is 3. The highest BCUT2D eigenvalue weighted by atomic mass is 16.5. The summed E-state index contributed by atoms with van der Waals surface area (Å²) in [4.78, 5) is 19.2. The predicted molar refractivity (Wildman–Crippen MR) is 114 cm³/mol. The zero-order valence-electron chi connectivity index (χ0n) is 16.5. The Morgan fingerprint density at radius 2 is 1.86 bits per heavy atom. The molecule has 5 nitrogen and oxygen atoms in total. The number of amides is 1. The van der Waals surface area contributed by atoms with Gasteiger partial charge < -0.3 is 15.0 Å². The SMILES string of the molecule is CCOc1ccccc1NC(=O)c1cncc(N(CC)c2cccc(C)c2)c1. The third-order valence-electron chi connectivity index (χ3n) is 4.36. The van der Waals surface area contributed by atoms with Crippen molar-refractivity contribution in [3.8, 4) is 5.75 Å². The van der Waals surface area contributed by atoms with Crippen molar-refractivity contribution >= 4 is 23.0 Å². The van der Waals surface area contributed by atoms with E-state index in [0.29, 0.717) is 23.6 Å². The molecule has 0 atom stereocenters. The first-order valence-corrected chi connectivity index (χ1v) is 9.44. The molecule has 1 amide bonds. The molecule has 0 aliphatic heterocycles. The zero-order chi connectivity index (χ0) is 19.9. The summed E-state index contributed by atoms with van der Waals surface area (Å²) in [5, 5.41) is 2.92. The third kappa shape index (κ3) is 4.49. The van der Waals surface area contributed by atoms with Gasteiger partial charge in [-0.1, -0.05) is 24.3 Å². The first-order chi connectivity index (χ1) is 13.6. The third-order valence-corrected chi connectivity index (χ3v) is 4.36. The maximum atomic E-state index is 12.8. The molecule has 0 fully saturated rings. The lowest BCUT2D eigenvalue weighted by Crippen LogP contribution is -2.18. The number of nitrogens with zero attached hydrogens (tertiary/aromatic N) is 2. The van der Waals surface area contributed by atoms with Crippen LogP contribution in [0.15, 0.2) is 67.0 Å². The number of aromatic nitrogens is 1. The van der Waals surface area contributed by atoms with E-state index in [0.717, 1.165) is 17.9 Å². The van der Waals surface area contributed by atoms with Crippen LogP contribution < -0.4 is 15.0 Å². The summed E-state index contributed by atoms with van der Waals surface area (Å²) in [7, 11) is 0. The lowest BCUT2D eigenvalue weighted by molar-refractivity contribution is 0.102. The van der Waals surface area contributed by atoms with Gasteiger partial charge in [-0.3, -0.25) is 9.78 Å². The highest BCUT2D eigenvalue weighted by Gasteiger charge is 2.14. The van der Waals surface area contributed by atoms with Crippen LogP contribution >= 0.6 is 0 Å². The topological polar surface area (TPSA) is 54.5 Å². The van der Waals surface area contributed by atoms with Crippen molar-refractivity contribution in [2.45, 2.75) is 20.8 Å². The molecule has 1 aromatic heterocycles. The number of pyridine rings is 1. The molecule has 1 heterocycles. The molecule has 5 heteroatoms. The van der Waals surface area contributed by atoms with E-state index in [1.165, 1.54) is 5.56 Å². The van der Waals surface area contributed by atoms with Gasteiger partial charge >= 0.3 is 0 Å². The summed E-state index contributed by atoms with van der Waals surface area (Å²) in [6, 6.07) is 17.5. The van der Waals surface area contributed by atoms with E-state index in [2.05, 4.69) is 47.2 Å². The molecule has 0 radical (unpaired) electrons. The number of nitrogens with one attached hydrogen (secondary N) is 1. The second kappa shape index (κ2) is 9.04. The Bertz CT molecular complexity index is 956. The number of hydrogen-bond donors (Lipinski definition) is 1. The van der Waals surface area contributed by atoms with Crippen molar-refractivity contribution in [2.24, 2.45) is 0 Å². The maximum Gasteiger partial charge on any atom is 0.257 e. The van der Waals surface area contributed by atoms with Crippen LogP contribution in [-0.4, -0.2) is 24.0 Å². The number of aryl methyl sites for hydroxylation is 1. The fourth-order valence-electron chi connectivity index (χ4n) is 3.06. The van der Waals surface area contributed by atoms with Crippen LogP contribution in [0.25, 0.3) is 0 Å². The van der Waals surface area contributed by atoms with Crippen molar-refractivity contribution in [2.75, 3.05) is 23.4 Å². The predicted octanol–water partition coefficient (Wildman–Crippen LogP) is 5.20. The minimum Gasteiger partial charge on any atom is -0.492 e. The van der Waals surface area contributed by atoms with Gasteiger partial charge in [0.25, 0.3) is 5.91 Å². The smallest absolute Gasteiger partial charge is 0.257 e. The quantitative estimate of drug-likeness (QED) is 0.617. The molecule has 0 aliphatic rings. The maximum absolute atomic E-state index is 12.8. The van der Waals surface area contributed by atoms with Gasteiger partial charge in [-0.25, -0.2) is 0 Å². The summed E-state index contributed by atoms with van der Waals surface area (Å²) in [5.41, 5.74) is 4.27. The molecular weight excluding hydrogens is 350 g/mol. The van der Waals surface area contributed by atoms with E-state index >= 15 is 0 Å². The number of ether oxygens (including phenoxy) is 1. The molecule has 0 saturated carbocycles. The number of carbonyl (C=O) groups excluding carboxylic acids is 1. The monoisotopic (exact) mass is 375 g/mol. The molecule has 0 bridgehead atoms. The summed E-state index contributed by atoms with van der Waals surface area (Å²) in [6.07, 6.45) is 3.35. The van der Waals surface area contributed by atoms with Crippen LogP contribution in [0.1, 0.15) is 29.8 Å². The molecular formula is C23H25N3O2. The van der Waals surface area contributed by atoms with Gasteiger partial charge in [-0.2, -0.15) is 0 Å². The van der Waals surface area contributed by atoms with Crippen LogP contribution in [-0.2, 0) is 0 Å². The van der Waals surface area contributed by atoms with Crippen molar-refractivity contribution < 1.29 is 9.53 Å². The summed E-state index contributed by atoms with van der Waals surface area (Å²) in [5.74, 6) is 0.430. The minimum atomic E-state index is -0.221. The Kier molecular flexibility index (Phi) is 6.27. The summed E-state index contributed by atoms with van der Waals surface area (Å²) < 4.78 is 5.58. The number of para-hydroxylation sites is 2. The Hall–Kier alpha value is -3.34. The minimum absolute atomic E-state index is 0.221. The lowest BCUT2D eigenvalue weighted by atomic mass is 10.1. The second-order valence-electron chi connectivity index (χ2n) is 6.40. The number of benzene rings is 2. The fraction of sp³-hybridized carbons (Fsp3) is 0.217. The van der Waals surface area contributed by atoms with Crippen molar-refractivity contribution in [1.29, 1.82) is 0 Å².